The van der Waals surface area contributed by atoms with Gasteiger partial charge in [-0.2, -0.15) is 0 Å². The molecule has 2 rings (SSSR count). The van der Waals surface area contributed by atoms with Crippen molar-refractivity contribution in [3.63, 3.8) is 0 Å². The lowest BCUT2D eigenvalue weighted by atomic mass is 10.1. The van der Waals surface area contributed by atoms with Crippen molar-refractivity contribution in [1.82, 2.24) is 4.98 Å². The molecular weight excluding hydrogens is 256 g/mol. The zero-order valence-corrected chi connectivity index (χ0v) is 9.64. The van der Waals surface area contributed by atoms with Crippen molar-refractivity contribution in [2.24, 2.45) is 0 Å². The molecule has 0 saturated carbocycles. The van der Waals surface area contributed by atoms with Gasteiger partial charge < -0.3 is 9.84 Å². The second kappa shape index (κ2) is 5.43. The molecule has 0 fully saturated rings. The fraction of sp³-hybridized carbons (Fsp3) is 0.0769. The molecule has 1 N–H and O–H groups in total. The van der Waals surface area contributed by atoms with E-state index in [0.717, 1.165) is 6.20 Å². The smallest absolute Gasteiger partial charge is 0.307 e. The van der Waals surface area contributed by atoms with Gasteiger partial charge in [0.05, 0.1) is 12.6 Å². The fourth-order valence-corrected chi connectivity index (χ4v) is 1.44. The van der Waals surface area contributed by atoms with Crippen molar-refractivity contribution >= 4 is 5.97 Å². The van der Waals surface area contributed by atoms with Gasteiger partial charge in [-0.3, -0.25) is 4.79 Å². The number of aromatic nitrogens is 1. The molecule has 0 bridgehead atoms. The first kappa shape index (κ1) is 12.9. The Hall–Kier alpha value is -2.50. The summed E-state index contributed by atoms with van der Waals surface area (Å²) < 4.78 is 31.1. The van der Waals surface area contributed by atoms with E-state index >= 15 is 0 Å². The Balaban J connectivity index is 2.13. The molecule has 0 spiro atoms. The molecule has 1 heterocycles. The van der Waals surface area contributed by atoms with Crippen LogP contribution in [0.5, 0.6) is 11.6 Å². The number of rotatable bonds is 4. The van der Waals surface area contributed by atoms with Crippen LogP contribution in [0.15, 0.2) is 36.5 Å². The van der Waals surface area contributed by atoms with Crippen LogP contribution in [0.1, 0.15) is 5.56 Å². The first-order chi connectivity index (χ1) is 9.04. The van der Waals surface area contributed by atoms with Gasteiger partial charge in [0.1, 0.15) is 11.6 Å². The Morgan fingerprint density at radius 1 is 1.26 bits per heavy atom. The number of carbonyl (C=O) groups is 1. The van der Waals surface area contributed by atoms with E-state index in [1.54, 1.807) is 12.1 Å². The Bertz CT molecular complexity index is 599. The van der Waals surface area contributed by atoms with Crippen LogP contribution in [0.2, 0.25) is 0 Å². The number of aliphatic carboxylic acids is 1. The molecule has 0 unspecified atom stereocenters. The largest absolute Gasteiger partial charge is 0.481 e. The highest BCUT2D eigenvalue weighted by atomic mass is 19.1. The molecule has 0 aliphatic rings. The summed E-state index contributed by atoms with van der Waals surface area (Å²) in [7, 11) is 0. The number of nitrogens with zero attached hydrogens (tertiary/aromatic N) is 1. The van der Waals surface area contributed by atoms with Crippen LogP contribution in [0.4, 0.5) is 8.78 Å². The topological polar surface area (TPSA) is 59.4 Å². The van der Waals surface area contributed by atoms with Gasteiger partial charge in [0, 0.05) is 6.07 Å². The van der Waals surface area contributed by atoms with Crippen LogP contribution in [-0.2, 0) is 11.2 Å². The fourth-order valence-electron chi connectivity index (χ4n) is 1.44. The van der Waals surface area contributed by atoms with Crippen molar-refractivity contribution in [1.29, 1.82) is 0 Å². The van der Waals surface area contributed by atoms with Crippen molar-refractivity contribution in [2.75, 3.05) is 0 Å². The number of ether oxygens (including phenoxy) is 1. The summed E-state index contributed by atoms with van der Waals surface area (Å²) in [5.74, 6) is -2.70. The zero-order valence-electron chi connectivity index (χ0n) is 9.64. The molecule has 0 amide bonds. The number of carboxylic acids is 1. The van der Waals surface area contributed by atoms with Crippen LogP contribution in [0, 0.1) is 11.6 Å². The van der Waals surface area contributed by atoms with Gasteiger partial charge in [-0.05, 0) is 17.7 Å². The molecule has 98 valence electrons. The van der Waals surface area contributed by atoms with Crippen LogP contribution < -0.4 is 4.74 Å². The predicted molar refractivity (Wildman–Crippen MR) is 62.0 cm³/mol. The van der Waals surface area contributed by atoms with Crippen molar-refractivity contribution in [3.05, 3.63) is 53.7 Å². The third kappa shape index (κ3) is 3.48. The standard InChI is InChI=1S/C13H9F2NO3/c14-9-6-11(15)13(16-7-9)19-10-3-1-8(2-4-10)5-12(17)18/h1-4,6-7H,5H2,(H,17,18). The summed E-state index contributed by atoms with van der Waals surface area (Å²) >= 11 is 0. The van der Waals surface area contributed by atoms with E-state index in [9.17, 15) is 13.6 Å². The number of pyridine rings is 1. The predicted octanol–water partition coefficient (Wildman–Crippen LogP) is 2.78. The molecule has 0 aliphatic carbocycles. The zero-order chi connectivity index (χ0) is 13.8. The van der Waals surface area contributed by atoms with E-state index in [1.165, 1.54) is 12.1 Å². The number of halogens is 2. The van der Waals surface area contributed by atoms with Gasteiger partial charge >= 0.3 is 5.97 Å². The maximum Gasteiger partial charge on any atom is 0.307 e. The number of hydrogen-bond donors (Lipinski definition) is 1. The Kier molecular flexibility index (Phi) is 3.70. The molecule has 19 heavy (non-hydrogen) atoms. The van der Waals surface area contributed by atoms with Crippen LogP contribution in [-0.4, -0.2) is 16.1 Å². The van der Waals surface area contributed by atoms with Crippen molar-refractivity contribution in [2.45, 2.75) is 6.42 Å². The lowest BCUT2D eigenvalue weighted by molar-refractivity contribution is -0.136. The highest BCUT2D eigenvalue weighted by Crippen LogP contribution is 2.22. The minimum Gasteiger partial charge on any atom is -0.481 e. The van der Waals surface area contributed by atoms with Crippen LogP contribution >= 0.6 is 0 Å². The maximum absolute atomic E-state index is 13.3. The van der Waals surface area contributed by atoms with E-state index in [1.807, 2.05) is 0 Å². The second-order valence-electron chi connectivity index (χ2n) is 3.76. The average molecular weight is 265 g/mol. The summed E-state index contributed by atoms with van der Waals surface area (Å²) in [6, 6.07) is 6.74. The first-order valence-electron chi connectivity index (χ1n) is 5.34. The maximum atomic E-state index is 13.3. The molecule has 1 aromatic heterocycles. The number of carboxylic acid groups (broad SMARTS) is 1. The van der Waals surface area contributed by atoms with Gasteiger partial charge in [-0.1, -0.05) is 12.1 Å². The Morgan fingerprint density at radius 3 is 2.53 bits per heavy atom. The first-order valence-corrected chi connectivity index (χ1v) is 5.34. The molecule has 0 radical (unpaired) electrons. The highest BCUT2D eigenvalue weighted by Gasteiger charge is 2.08. The summed E-state index contributed by atoms with van der Waals surface area (Å²) in [4.78, 5) is 14.0. The minimum atomic E-state index is -0.945. The SMILES string of the molecule is O=C(O)Cc1ccc(Oc2ncc(F)cc2F)cc1. The molecule has 6 heteroatoms. The molecule has 2 aromatic rings. The van der Waals surface area contributed by atoms with E-state index in [2.05, 4.69) is 4.98 Å². The summed E-state index contributed by atoms with van der Waals surface area (Å²) in [6.07, 6.45) is 0.737. The van der Waals surface area contributed by atoms with Crippen LogP contribution in [0.3, 0.4) is 0 Å². The Morgan fingerprint density at radius 2 is 1.95 bits per heavy atom. The number of hydrogen-bond acceptors (Lipinski definition) is 3. The minimum absolute atomic E-state index is 0.108. The third-order valence-electron chi connectivity index (χ3n) is 2.27. The highest BCUT2D eigenvalue weighted by molar-refractivity contribution is 5.70. The average Bonchev–Trinajstić information content (AvgIpc) is 2.34. The lowest BCUT2D eigenvalue weighted by Gasteiger charge is -2.06. The van der Waals surface area contributed by atoms with E-state index in [-0.39, 0.29) is 18.1 Å². The van der Waals surface area contributed by atoms with E-state index < -0.39 is 17.6 Å². The van der Waals surface area contributed by atoms with Gasteiger partial charge in [-0.15, -0.1) is 0 Å². The monoisotopic (exact) mass is 265 g/mol. The van der Waals surface area contributed by atoms with E-state index in [4.69, 9.17) is 9.84 Å². The number of benzene rings is 1. The van der Waals surface area contributed by atoms with E-state index in [0.29, 0.717) is 11.6 Å². The molecule has 4 nitrogen and oxygen atoms in total. The summed E-state index contributed by atoms with van der Waals surface area (Å²) in [5, 5.41) is 8.61. The third-order valence-corrected chi connectivity index (χ3v) is 2.27. The quantitative estimate of drug-likeness (QED) is 0.923. The molecular formula is C13H9F2NO3. The lowest BCUT2D eigenvalue weighted by Crippen LogP contribution is -1.99. The summed E-state index contributed by atoms with van der Waals surface area (Å²) in [5.41, 5.74) is 0.590. The van der Waals surface area contributed by atoms with Gasteiger partial charge in [0.25, 0.3) is 5.88 Å². The van der Waals surface area contributed by atoms with Crippen molar-refractivity contribution in [3.8, 4) is 11.6 Å². The van der Waals surface area contributed by atoms with Gasteiger partial charge in [0.15, 0.2) is 5.82 Å². The van der Waals surface area contributed by atoms with Gasteiger partial charge in [0.2, 0.25) is 0 Å². The molecule has 0 saturated heterocycles. The van der Waals surface area contributed by atoms with Crippen molar-refractivity contribution < 1.29 is 23.4 Å². The normalized spacial score (nSPS) is 10.2. The van der Waals surface area contributed by atoms with Crippen LogP contribution in [0.25, 0.3) is 0 Å². The molecule has 0 aliphatic heterocycles. The molecule has 1 aromatic carbocycles. The second-order valence-corrected chi connectivity index (χ2v) is 3.76. The Labute approximate surface area is 107 Å². The summed E-state index contributed by atoms with van der Waals surface area (Å²) in [6.45, 7) is 0. The molecule has 0 atom stereocenters. The van der Waals surface area contributed by atoms with Gasteiger partial charge in [-0.25, -0.2) is 13.8 Å².